The van der Waals surface area contributed by atoms with Gasteiger partial charge in [0.15, 0.2) is 0 Å². The Morgan fingerprint density at radius 1 is 1.07 bits per heavy atom. The SMILES string of the molecule is CC(=O)NC(CSC(=O)c1ccccc1OC(=O)c1ccccc1O)C(N)=O. The highest BCUT2D eigenvalue weighted by Crippen LogP contribution is 2.26. The molecule has 9 heteroatoms. The monoisotopic (exact) mass is 402 g/mol. The van der Waals surface area contributed by atoms with E-state index in [-0.39, 0.29) is 28.4 Å². The topological polar surface area (TPSA) is 136 Å². The summed E-state index contributed by atoms with van der Waals surface area (Å²) in [5.74, 6) is -2.36. The van der Waals surface area contributed by atoms with E-state index in [1.165, 1.54) is 31.2 Å². The highest BCUT2D eigenvalue weighted by atomic mass is 32.2. The number of hydrogen-bond donors (Lipinski definition) is 3. The fourth-order valence-corrected chi connectivity index (χ4v) is 3.09. The lowest BCUT2D eigenvalue weighted by atomic mass is 10.2. The molecule has 2 aromatic rings. The fourth-order valence-electron chi connectivity index (χ4n) is 2.20. The van der Waals surface area contributed by atoms with E-state index < -0.39 is 28.9 Å². The second-order valence-corrected chi connectivity index (χ2v) is 6.65. The summed E-state index contributed by atoms with van der Waals surface area (Å²) in [7, 11) is 0. The van der Waals surface area contributed by atoms with Gasteiger partial charge in [0.05, 0.1) is 5.56 Å². The zero-order valence-corrected chi connectivity index (χ0v) is 15.7. The molecule has 0 heterocycles. The van der Waals surface area contributed by atoms with Crippen LogP contribution in [0.5, 0.6) is 11.5 Å². The van der Waals surface area contributed by atoms with Gasteiger partial charge in [0.25, 0.3) is 0 Å². The molecule has 1 atom stereocenters. The molecule has 0 aliphatic heterocycles. The number of ether oxygens (including phenoxy) is 1. The number of carbonyl (C=O) groups excluding carboxylic acids is 4. The van der Waals surface area contributed by atoms with Crippen molar-refractivity contribution in [2.45, 2.75) is 13.0 Å². The molecule has 146 valence electrons. The number of amides is 2. The maximum absolute atomic E-state index is 12.5. The largest absolute Gasteiger partial charge is 0.507 e. The van der Waals surface area contributed by atoms with Crippen molar-refractivity contribution in [1.82, 2.24) is 5.32 Å². The Morgan fingerprint density at radius 2 is 1.68 bits per heavy atom. The number of nitrogens with one attached hydrogen (secondary N) is 1. The summed E-state index contributed by atoms with van der Waals surface area (Å²) in [6, 6.07) is 10.9. The third-order valence-electron chi connectivity index (χ3n) is 3.54. The summed E-state index contributed by atoms with van der Waals surface area (Å²) in [5, 5.41) is 11.6. The summed E-state index contributed by atoms with van der Waals surface area (Å²) in [6.45, 7) is 1.23. The molecule has 0 bridgehead atoms. The Morgan fingerprint density at radius 3 is 2.29 bits per heavy atom. The highest BCUT2D eigenvalue weighted by Gasteiger charge is 2.22. The van der Waals surface area contributed by atoms with Gasteiger partial charge in [0.1, 0.15) is 23.1 Å². The number of hydrogen-bond acceptors (Lipinski definition) is 7. The number of aromatic hydroxyl groups is 1. The van der Waals surface area contributed by atoms with Crippen LogP contribution < -0.4 is 15.8 Å². The molecule has 2 amide bonds. The minimum absolute atomic E-state index is 0.00315. The minimum Gasteiger partial charge on any atom is -0.507 e. The van der Waals surface area contributed by atoms with Gasteiger partial charge in [-0.3, -0.25) is 14.4 Å². The van der Waals surface area contributed by atoms with Crippen LogP contribution in [-0.2, 0) is 9.59 Å². The molecule has 0 radical (unpaired) electrons. The number of thioether (sulfide) groups is 1. The lowest BCUT2D eigenvalue weighted by molar-refractivity contribution is -0.125. The van der Waals surface area contributed by atoms with E-state index in [0.29, 0.717) is 0 Å². The smallest absolute Gasteiger partial charge is 0.347 e. The van der Waals surface area contributed by atoms with Crippen LogP contribution >= 0.6 is 11.8 Å². The lowest BCUT2D eigenvalue weighted by Crippen LogP contribution is -2.45. The quantitative estimate of drug-likeness (QED) is 0.471. The average molecular weight is 402 g/mol. The molecule has 0 aliphatic rings. The number of nitrogens with two attached hydrogens (primary N) is 1. The van der Waals surface area contributed by atoms with Crippen molar-refractivity contribution in [3.63, 3.8) is 0 Å². The van der Waals surface area contributed by atoms with Crippen LogP contribution in [0.15, 0.2) is 48.5 Å². The molecule has 2 rings (SSSR count). The van der Waals surface area contributed by atoms with Crippen LogP contribution in [0.3, 0.4) is 0 Å². The predicted molar refractivity (Wildman–Crippen MR) is 103 cm³/mol. The van der Waals surface area contributed by atoms with Crippen LogP contribution in [0.4, 0.5) is 0 Å². The normalized spacial score (nSPS) is 11.3. The molecule has 0 saturated heterocycles. The first-order valence-electron chi connectivity index (χ1n) is 8.12. The van der Waals surface area contributed by atoms with E-state index in [1.54, 1.807) is 24.3 Å². The van der Waals surface area contributed by atoms with Crippen molar-refractivity contribution in [2.24, 2.45) is 5.73 Å². The fraction of sp³-hybridized carbons (Fsp3) is 0.158. The first kappa shape index (κ1) is 21.0. The summed E-state index contributed by atoms with van der Waals surface area (Å²) in [5.41, 5.74) is 5.27. The van der Waals surface area contributed by atoms with Gasteiger partial charge in [-0.15, -0.1) is 0 Å². The lowest BCUT2D eigenvalue weighted by Gasteiger charge is -2.14. The van der Waals surface area contributed by atoms with Crippen molar-refractivity contribution < 1.29 is 29.0 Å². The number of rotatable bonds is 7. The molecule has 0 saturated carbocycles. The first-order valence-corrected chi connectivity index (χ1v) is 9.11. The zero-order valence-electron chi connectivity index (χ0n) is 14.9. The van der Waals surface area contributed by atoms with Crippen molar-refractivity contribution in [3.05, 3.63) is 59.7 Å². The minimum atomic E-state index is -1.01. The Labute approximate surface area is 165 Å². The molecule has 8 nitrogen and oxygen atoms in total. The molecule has 0 aliphatic carbocycles. The number of primary amides is 1. The van der Waals surface area contributed by atoms with Crippen LogP contribution in [0.25, 0.3) is 0 Å². The highest BCUT2D eigenvalue weighted by molar-refractivity contribution is 8.14. The second-order valence-electron chi connectivity index (χ2n) is 5.66. The second kappa shape index (κ2) is 9.56. The van der Waals surface area contributed by atoms with Crippen LogP contribution in [0, 0.1) is 0 Å². The Balaban J connectivity index is 2.13. The van der Waals surface area contributed by atoms with E-state index in [4.69, 9.17) is 10.5 Å². The molecule has 1 unspecified atom stereocenters. The summed E-state index contributed by atoms with van der Waals surface area (Å²) in [6.07, 6.45) is 0. The standard InChI is InChI=1S/C19H18N2O6S/c1-11(22)21-14(17(20)24)10-28-19(26)13-7-3-5-9-16(13)27-18(25)12-6-2-4-8-15(12)23/h2-9,14,23H,10H2,1H3,(H2,20,24)(H,21,22). The zero-order chi connectivity index (χ0) is 20.7. The number of phenols is 1. The van der Waals surface area contributed by atoms with Crippen molar-refractivity contribution >= 4 is 34.7 Å². The van der Waals surface area contributed by atoms with E-state index in [0.717, 1.165) is 11.8 Å². The molecular weight excluding hydrogens is 384 g/mol. The Bertz CT molecular complexity index is 915. The summed E-state index contributed by atoms with van der Waals surface area (Å²) < 4.78 is 5.26. The van der Waals surface area contributed by atoms with Gasteiger partial charge in [0, 0.05) is 12.7 Å². The van der Waals surface area contributed by atoms with Gasteiger partial charge < -0.3 is 20.9 Å². The van der Waals surface area contributed by atoms with Crippen molar-refractivity contribution in [2.75, 3.05) is 5.75 Å². The molecule has 28 heavy (non-hydrogen) atoms. The van der Waals surface area contributed by atoms with Crippen molar-refractivity contribution in [1.29, 1.82) is 0 Å². The van der Waals surface area contributed by atoms with E-state index >= 15 is 0 Å². The maximum atomic E-state index is 12.5. The number of phenolic OH excluding ortho intramolecular Hbond substituents is 1. The predicted octanol–water partition coefficient (Wildman–Crippen LogP) is 1.47. The third-order valence-corrected chi connectivity index (χ3v) is 4.52. The molecule has 0 aromatic heterocycles. The number of para-hydroxylation sites is 2. The van der Waals surface area contributed by atoms with Gasteiger partial charge in [-0.2, -0.15) is 0 Å². The van der Waals surface area contributed by atoms with Gasteiger partial charge in [0.2, 0.25) is 16.9 Å². The first-order chi connectivity index (χ1) is 13.3. The third kappa shape index (κ3) is 5.58. The van der Waals surface area contributed by atoms with Gasteiger partial charge in [-0.1, -0.05) is 36.0 Å². The molecule has 0 spiro atoms. The van der Waals surface area contributed by atoms with E-state index in [1.807, 2.05) is 0 Å². The molecular formula is C19H18N2O6S. The van der Waals surface area contributed by atoms with Gasteiger partial charge in [-0.25, -0.2) is 4.79 Å². The number of benzene rings is 2. The van der Waals surface area contributed by atoms with Crippen LogP contribution in [-0.4, -0.2) is 39.8 Å². The van der Waals surface area contributed by atoms with Crippen molar-refractivity contribution in [3.8, 4) is 11.5 Å². The van der Waals surface area contributed by atoms with E-state index in [2.05, 4.69) is 5.32 Å². The molecule has 4 N–H and O–H groups in total. The molecule has 2 aromatic carbocycles. The number of esters is 1. The summed E-state index contributed by atoms with van der Waals surface area (Å²) >= 11 is 0.753. The van der Waals surface area contributed by atoms with Gasteiger partial charge >= 0.3 is 5.97 Å². The average Bonchev–Trinajstić information content (AvgIpc) is 2.65. The molecule has 0 fully saturated rings. The van der Waals surface area contributed by atoms with E-state index in [9.17, 15) is 24.3 Å². The van der Waals surface area contributed by atoms with Gasteiger partial charge in [-0.05, 0) is 24.3 Å². The van der Waals surface area contributed by atoms with Crippen LogP contribution in [0.2, 0.25) is 0 Å². The maximum Gasteiger partial charge on any atom is 0.347 e. The Kier molecular flexibility index (Phi) is 7.16. The van der Waals surface area contributed by atoms with Crippen LogP contribution in [0.1, 0.15) is 27.6 Å². The number of carbonyl (C=O) groups is 4. The summed E-state index contributed by atoms with van der Waals surface area (Å²) in [4.78, 5) is 47.3. The Hall–Kier alpha value is -3.33.